The third-order valence-corrected chi connectivity index (χ3v) is 5.34. The summed E-state index contributed by atoms with van der Waals surface area (Å²) in [6, 6.07) is 3.05. The summed E-state index contributed by atoms with van der Waals surface area (Å²) in [7, 11) is 0. The lowest BCUT2D eigenvalue weighted by atomic mass is 9.76. The van der Waals surface area contributed by atoms with E-state index in [0.717, 1.165) is 39.0 Å². The Kier molecular flexibility index (Phi) is 8.21. The predicted octanol–water partition coefficient (Wildman–Crippen LogP) is 4.72. The van der Waals surface area contributed by atoms with Gasteiger partial charge < -0.3 is 5.32 Å². The van der Waals surface area contributed by atoms with E-state index >= 15 is 0 Å². The van der Waals surface area contributed by atoms with Gasteiger partial charge in [-0.3, -0.25) is 4.90 Å². The highest BCUT2D eigenvalue weighted by molar-refractivity contribution is 6.42. The summed E-state index contributed by atoms with van der Waals surface area (Å²) in [4.78, 5) is 2.36. The summed E-state index contributed by atoms with van der Waals surface area (Å²) in [6.45, 7) is 3.76. The van der Waals surface area contributed by atoms with E-state index in [4.69, 9.17) is 23.2 Å². The first-order valence-electron chi connectivity index (χ1n) is 7.26. The van der Waals surface area contributed by atoms with Crippen molar-refractivity contribution in [1.29, 1.82) is 0 Å². The van der Waals surface area contributed by atoms with Gasteiger partial charge in [-0.25, -0.2) is 4.39 Å². The molecular formula is C15H21Cl4FN2. The normalized spacial score (nSPS) is 20.5. The molecule has 2 aliphatic rings. The Labute approximate surface area is 153 Å². The van der Waals surface area contributed by atoms with Crippen molar-refractivity contribution >= 4 is 48.0 Å². The first-order valence-corrected chi connectivity index (χ1v) is 8.02. The molecule has 0 amide bonds. The summed E-state index contributed by atoms with van der Waals surface area (Å²) < 4.78 is 14.4. The summed E-state index contributed by atoms with van der Waals surface area (Å²) in [5.41, 5.74) is 0.603. The van der Waals surface area contributed by atoms with Crippen LogP contribution in [0.15, 0.2) is 12.1 Å². The lowest BCUT2D eigenvalue weighted by Gasteiger charge is -2.43. The van der Waals surface area contributed by atoms with Gasteiger partial charge in [0.1, 0.15) is 5.82 Å². The second-order valence-electron chi connectivity index (χ2n) is 5.68. The van der Waals surface area contributed by atoms with Gasteiger partial charge in [-0.2, -0.15) is 0 Å². The van der Waals surface area contributed by atoms with E-state index in [1.807, 2.05) is 0 Å². The number of benzene rings is 1. The van der Waals surface area contributed by atoms with Crippen LogP contribution in [0.4, 0.5) is 4.39 Å². The molecule has 7 heteroatoms. The Balaban J connectivity index is 0.00000121. The SMILES string of the molecule is Cl.Cl.Fc1ccc(Cl)c(Cl)c1[C@H](C1CCC1)N1CCNCC1. The first kappa shape index (κ1) is 20.3. The fourth-order valence-electron chi connectivity index (χ4n) is 3.25. The Morgan fingerprint density at radius 2 is 1.77 bits per heavy atom. The maximum atomic E-state index is 14.4. The van der Waals surface area contributed by atoms with E-state index in [0.29, 0.717) is 21.5 Å². The van der Waals surface area contributed by atoms with Gasteiger partial charge in [0.05, 0.1) is 10.0 Å². The molecule has 0 aromatic heterocycles. The van der Waals surface area contributed by atoms with Gasteiger partial charge in [0.25, 0.3) is 0 Å². The number of halogens is 5. The Hall–Kier alpha value is 0.230. The van der Waals surface area contributed by atoms with E-state index in [2.05, 4.69) is 10.2 Å². The number of piperazine rings is 1. The zero-order valence-corrected chi connectivity index (χ0v) is 15.3. The molecule has 3 rings (SSSR count). The van der Waals surface area contributed by atoms with E-state index in [-0.39, 0.29) is 36.7 Å². The largest absolute Gasteiger partial charge is 0.314 e. The van der Waals surface area contributed by atoms with Crippen LogP contribution in [0.3, 0.4) is 0 Å². The molecule has 2 fully saturated rings. The van der Waals surface area contributed by atoms with Gasteiger partial charge in [0.15, 0.2) is 0 Å². The van der Waals surface area contributed by atoms with Gasteiger partial charge in [-0.15, -0.1) is 24.8 Å². The van der Waals surface area contributed by atoms with E-state index in [1.165, 1.54) is 18.6 Å². The van der Waals surface area contributed by atoms with E-state index in [1.54, 1.807) is 0 Å². The summed E-state index contributed by atoms with van der Waals surface area (Å²) >= 11 is 12.4. The smallest absolute Gasteiger partial charge is 0.129 e. The molecule has 1 heterocycles. The van der Waals surface area contributed by atoms with Gasteiger partial charge in [0, 0.05) is 37.8 Å². The molecule has 1 aromatic carbocycles. The molecule has 0 bridgehead atoms. The van der Waals surface area contributed by atoms with Gasteiger partial charge in [-0.05, 0) is 30.9 Å². The molecule has 2 nitrogen and oxygen atoms in total. The van der Waals surface area contributed by atoms with Crippen LogP contribution in [0, 0.1) is 11.7 Å². The van der Waals surface area contributed by atoms with E-state index < -0.39 is 0 Å². The average Bonchev–Trinajstić information content (AvgIpc) is 2.41. The average molecular weight is 390 g/mol. The molecular weight excluding hydrogens is 369 g/mol. The molecule has 1 aliphatic carbocycles. The molecule has 126 valence electrons. The lowest BCUT2D eigenvalue weighted by molar-refractivity contribution is 0.0813. The second kappa shape index (κ2) is 8.91. The van der Waals surface area contributed by atoms with Crippen molar-refractivity contribution in [3.63, 3.8) is 0 Å². The quantitative estimate of drug-likeness (QED) is 0.752. The fourth-order valence-corrected chi connectivity index (χ4v) is 3.68. The maximum absolute atomic E-state index is 14.4. The Morgan fingerprint density at radius 3 is 2.32 bits per heavy atom. The molecule has 22 heavy (non-hydrogen) atoms. The van der Waals surface area contributed by atoms with E-state index in [9.17, 15) is 4.39 Å². The van der Waals surface area contributed by atoms with Crippen LogP contribution < -0.4 is 5.32 Å². The second-order valence-corrected chi connectivity index (χ2v) is 6.46. The van der Waals surface area contributed by atoms with Crippen LogP contribution in [0.1, 0.15) is 30.9 Å². The minimum Gasteiger partial charge on any atom is -0.314 e. The third kappa shape index (κ3) is 4.00. The van der Waals surface area contributed by atoms with Crippen LogP contribution in [-0.4, -0.2) is 31.1 Å². The molecule has 1 saturated heterocycles. The predicted molar refractivity (Wildman–Crippen MR) is 95.4 cm³/mol. The standard InChI is InChI=1S/C15H19Cl2FN2.2ClH/c16-11-4-5-12(18)13(14(11)17)15(10-2-1-3-10)20-8-6-19-7-9-20;;/h4-5,10,15,19H,1-3,6-9H2;2*1H/t15-;;/m0../s1. The van der Waals surface area contributed by atoms with Crippen molar-refractivity contribution in [3.8, 4) is 0 Å². The monoisotopic (exact) mass is 388 g/mol. The summed E-state index contributed by atoms with van der Waals surface area (Å²) in [5, 5.41) is 4.18. The topological polar surface area (TPSA) is 15.3 Å². The maximum Gasteiger partial charge on any atom is 0.129 e. The minimum absolute atomic E-state index is 0. The molecule has 0 unspecified atom stereocenters. The van der Waals surface area contributed by atoms with Crippen LogP contribution in [-0.2, 0) is 0 Å². The van der Waals surface area contributed by atoms with Crippen molar-refractivity contribution in [2.24, 2.45) is 5.92 Å². The molecule has 1 aromatic rings. The van der Waals surface area contributed by atoms with Crippen LogP contribution in [0.25, 0.3) is 0 Å². The molecule has 1 saturated carbocycles. The zero-order chi connectivity index (χ0) is 14.1. The van der Waals surface area contributed by atoms with Gasteiger partial charge >= 0.3 is 0 Å². The van der Waals surface area contributed by atoms with Crippen molar-refractivity contribution in [2.45, 2.75) is 25.3 Å². The minimum atomic E-state index is -0.227. The molecule has 0 spiro atoms. The highest BCUT2D eigenvalue weighted by Gasteiger charge is 2.36. The molecule has 0 radical (unpaired) electrons. The highest BCUT2D eigenvalue weighted by Crippen LogP contribution is 2.45. The highest BCUT2D eigenvalue weighted by atomic mass is 35.5. The zero-order valence-electron chi connectivity index (χ0n) is 12.2. The molecule has 1 N–H and O–H groups in total. The molecule has 1 atom stereocenters. The Morgan fingerprint density at radius 1 is 1.14 bits per heavy atom. The van der Waals surface area contributed by atoms with Crippen molar-refractivity contribution in [2.75, 3.05) is 26.2 Å². The number of nitrogens with one attached hydrogen (secondary N) is 1. The third-order valence-electron chi connectivity index (χ3n) is 4.52. The summed E-state index contributed by atoms with van der Waals surface area (Å²) in [6.07, 6.45) is 3.53. The number of rotatable bonds is 3. The van der Waals surface area contributed by atoms with Gasteiger partial charge in [-0.1, -0.05) is 29.6 Å². The molecule has 1 aliphatic heterocycles. The van der Waals surface area contributed by atoms with Crippen molar-refractivity contribution in [3.05, 3.63) is 33.6 Å². The Bertz CT molecular complexity index is 491. The fraction of sp³-hybridized carbons (Fsp3) is 0.600. The first-order chi connectivity index (χ1) is 9.68. The number of hydrogen-bond acceptors (Lipinski definition) is 2. The van der Waals surface area contributed by atoms with Crippen LogP contribution in [0.2, 0.25) is 10.0 Å². The number of hydrogen-bond donors (Lipinski definition) is 1. The van der Waals surface area contributed by atoms with Crippen LogP contribution in [0.5, 0.6) is 0 Å². The van der Waals surface area contributed by atoms with Crippen molar-refractivity contribution in [1.82, 2.24) is 10.2 Å². The van der Waals surface area contributed by atoms with Crippen molar-refractivity contribution < 1.29 is 4.39 Å². The lowest BCUT2D eigenvalue weighted by Crippen LogP contribution is -2.48. The summed E-state index contributed by atoms with van der Waals surface area (Å²) in [5.74, 6) is 0.272. The number of nitrogens with zero attached hydrogens (tertiary/aromatic N) is 1. The van der Waals surface area contributed by atoms with Gasteiger partial charge in [0.2, 0.25) is 0 Å². The van der Waals surface area contributed by atoms with Crippen LogP contribution >= 0.6 is 48.0 Å².